The largest absolute Gasteiger partial charge is 0.412 e. The summed E-state index contributed by atoms with van der Waals surface area (Å²) < 4.78 is 33.2. The SMILES string of the molecule is O.O.O=C(NCc1ccc(NS(=O)(=O)c2ccccc2)cc1)NC[C@H]1CN(Cc2ccc(Cl)c(Cl)c2)CCO1. The Kier molecular flexibility index (Phi) is 12.5. The van der Waals surface area contributed by atoms with E-state index in [1.807, 2.05) is 12.1 Å². The normalized spacial score (nSPS) is 15.4. The molecule has 10 nitrogen and oxygen atoms in total. The minimum Gasteiger partial charge on any atom is -0.412 e. The zero-order valence-corrected chi connectivity index (χ0v) is 23.3. The van der Waals surface area contributed by atoms with Gasteiger partial charge in [0.25, 0.3) is 10.0 Å². The van der Waals surface area contributed by atoms with Gasteiger partial charge in [0, 0.05) is 38.4 Å². The number of hydrogen-bond acceptors (Lipinski definition) is 5. The molecule has 0 unspecified atom stereocenters. The number of sulfonamides is 1. The third-order valence-corrected chi connectivity index (χ3v) is 7.95. The molecule has 2 amide bonds. The predicted octanol–water partition coefficient (Wildman–Crippen LogP) is 2.85. The predicted molar refractivity (Wildman–Crippen MR) is 153 cm³/mol. The fourth-order valence-corrected chi connectivity index (χ4v) is 5.30. The Morgan fingerprint density at radius 1 is 0.923 bits per heavy atom. The van der Waals surface area contributed by atoms with Crippen LogP contribution in [0.4, 0.5) is 10.5 Å². The number of amides is 2. The maximum Gasteiger partial charge on any atom is 0.315 e. The molecule has 13 heteroatoms. The number of urea groups is 1. The Bertz CT molecular complexity index is 1310. The van der Waals surface area contributed by atoms with E-state index < -0.39 is 10.0 Å². The lowest BCUT2D eigenvalue weighted by Gasteiger charge is -2.33. The van der Waals surface area contributed by atoms with Crippen LogP contribution in [0.1, 0.15) is 11.1 Å². The zero-order valence-electron chi connectivity index (χ0n) is 21.0. The molecular formula is C26H32Cl2N4O6S. The van der Waals surface area contributed by atoms with Gasteiger partial charge in [-0.2, -0.15) is 0 Å². The van der Waals surface area contributed by atoms with Crippen molar-refractivity contribution < 1.29 is 28.9 Å². The van der Waals surface area contributed by atoms with Gasteiger partial charge in [0.1, 0.15) is 0 Å². The van der Waals surface area contributed by atoms with Crippen LogP contribution >= 0.6 is 23.2 Å². The summed E-state index contributed by atoms with van der Waals surface area (Å²) in [5, 5.41) is 6.73. The summed E-state index contributed by atoms with van der Waals surface area (Å²) in [6.45, 7) is 3.45. The lowest BCUT2D eigenvalue weighted by molar-refractivity contribution is -0.0287. The van der Waals surface area contributed by atoms with Gasteiger partial charge >= 0.3 is 6.03 Å². The average Bonchev–Trinajstić information content (AvgIpc) is 2.90. The van der Waals surface area contributed by atoms with Gasteiger partial charge in [0.15, 0.2) is 0 Å². The van der Waals surface area contributed by atoms with Gasteiger partial charge in [0.05, 0.1) is 27.7 Å². The number of anilines is 1. The fourth-order valence-electron chi connectivity index (χ4n) is 3.90. The molecule has 1 atom stereocenters. The van der Waals surface area contributed by atoms with Crippen LogP contribution < -0.4 is 15.4 Å². The second-order valence-corrected chi connectivity index (χ2v) is 11.2. The molecule has 0 aromatic heterocycles. The molecule has 3 aromatic carbocycles. The summed E-state index contributed by atoms with van der Waals surface area (Å²) in [6.07, 6.45) is -0.126. The van der Waals surface area contributed by atoms with Crippen LogP contribution in [0.2, 0.25) is 10.0 Å². The highest BCUT2D eigenvalue weighted by molar-refractivity contribution is 7.92. The Hall–Kier alpha value is -2.90. The molecule has 39 heavy (non-hydrogen) atoms. The van der Waals surface area contributed by atoms with Crippen LogP contribution in [0.25, 0.3) is 0 Å². The van der Waals surface area contributed by atoms with Crippen LogP contribution in [0, 0.1) is 0 Å². The molecule has 0 radical (unpaired) electrons. The van der Waals surface area contributed by atoms with Crippen LogP contribution in [-0.2, 0) is 27.8 Å². The maximum absolute atomic E-state index is 12.4. The highest BCUT2D eigenvalue weighted by Gasteiger charge is 2.21. The number of rotatable bonds is 9. The van der Waals surface area contributed by atoms with Crippen molar-refractivity contribution in [1.29, 1.82) is 0 Å². The fraction of sp³-hybridized carbons (Fsp3) is 0.269. The van der Waals surface area contributed by atoms with E-state index in [1.54, 1.807) is 48.5 Å². The van der Waals surface area contributed by atoms with Gasteiger partial charge in [-0.3, -0.25) is 9.62 Å². The van der Waals surface area contributed by atoms with Crippen molar-refractivity contribution in [2.24, 2.45) is 0 Å². The summed E-state index contributed by atoms with van der Waals surface area (Å²) in [5.41, 5.74) is 2.34. The molecule has 0 aliphatic carbocycles. The smallest absolute Gasteiger partial charge is 0.315 e. The summed E-state index contributed by atoms with van der Waals surface area (Å²) in [5.74, 6) is 0. The second-order valence-electron chi connectivity index (χ2n) is 8.66. The van der Waals surface area contributed by atoms with Gasteiger partial charge < -0.3 is 26.3 Å². The van der Waals surface area contributed by atoms with Crippen molar-refractivity contribution in [2.75, 3.05) is 31.0 Å². The number of nitrogens with zero attached hydrogens (tertiary/aromatic N) is 1. The molecule has 212 valence electrons. The first-order valence-electron chi connectivity index (χ1n) is 11.7. The molecule has 1 aliphatic heterocycles. The Labute approximate surface area is 237 Å². The number of benzene rings is 3. The summed E-state index contributed by atoms with van der Waals surface area (Å²) in [4.78, 5) is 14.7. The number of nitrogens with one attached hydrogen (secondary N) is 3. The van der Waals surface area contributed by atoms with E-state index in [2.05, 4.69) is 20.3 Å². The van der Waals surface area contributed by atoms with Gasteiger partial charge in [-0.25, -0.2) is 13.2 Å². The van der Waals surface area contributed by atoms with Crippen LogP contribution in [0.5, 0.6) is 0 Å². The quantitative estimate of drug-likeness (QED) is 0.344. The van der Waals surface area contributed by atoms with Crippen LogP contribution in [0.3, 0.4) is 0 Å². The average molecular weight is 600 g/mol. The van der Waals surface area contributed by atoms with E-state index >= 15 is 0 Å². The number of carbonyl (C=O) groups is 1. The van der Waals surface area contributed by atoms with Crippen molar-refractivity contribution >= 4 is 44.9 Å². The molecule has 1 aliphatic rings. The first-order chi connectivity index (χ1) is 17.8. The first kappa shape index (κ1) is 32.3. The van der Waals surface area contributed by atoms with Gasteiger partial charge in [-0.15, -0.1) is 0 Å². The molecule has 4 rings (SSSR count). The monoisotopic (exact) mass is 598 g/mol. The minimum atomic E-state index is -3.65. The molecular weight excluding hydrogens is 567 g/mol. The molecule has 0 spiro atoms. The Morgan fingerprint density at radius 2 is 1.62 bits per heavy atom. The molecule has 1 heterocycles. The Morgan fingerprint density at radius 3 is 2.31 bits per heavy atom. The van der Waals surface area contributed by atoms with E-state index in [0.717, 1.165) is 24.2 Å². The third kappa shape index (κ3) is 9.66. The zero-order chi connectivity index (χ0) is 26.3. The van der Waals surface area contributed by atoms with Crippen molar-refractivity contribution in [1.82, 2.24) is 15.5 Å². The van der Waals surface area contributed by atoms with Crippen LogP contribution in [0.15, 0.2) is 77.7 Å². The van der Waals surface area contributed by atoms with Crippen LogP contribution in [-0.4, -0.2) is 62.6 Å². The van der Waals surface area contributed by atoms with Crippen molar-refractivity contribution in [3.8, 4) is 0 Å². The summed E-state index contributed by atoms with van der Waals surface area (Å²) in [6, 6.07) is 20.3. The molecule has 0 bridgehead atoms. The van der Waals surface area contributed by atoms with E-state index in [4.69, 9.17) is 27.9 Å². The van der Waals surface area contributed by atoms with Gasteiger partial charge in [0.2, 0.25) is 0 Å². The number of ether oxygens (including phenoxy) is 1. The first-order valence-corrected chi connectivity index (χ1v) is 14.0. The van der Waals surface area contributed by atoms with E-state index in [0.29, 0.717) is 42.0 Å². The van der Waals surface area contributed by atoms with E-state index in [-0.39, 0.29) is 28.0 Å². The Balaban J connectivity index is 0.00000267. The molecule has 1 fully saturated rings. The summed E-state index contributed by atoms with van der Waals surface area (Å²) in [7, 11) is -3.65. The topological polar surface area (TPSA) is 163 Å². The molecule has 0 saturated carbocycles. The third-order valence-electron chi connectivity index (χ3n) is 5.82. The van der Waals surface area contributed by atoms with E-state index in [1.165, 1.54) is 12.1 Å². The van der Waals surface area contributed by atoms with Crippen molar-refractivity contribution in [3.63, 3.8) is 0 Å². The highest BCUT2D eigenvalue weighted by atomic mass is 35.5. The van der Waals surface area contributed by atoms with Gasteiger partial charge in [-0.05, 0) is 47.5 Å². The number of halogens is 2. The van der Waals surface area contributed by atoms with E-state index in [9.17, 15) is 13.2 Å². The highest BCUT2D eigenvalue weighted by Crippen LogP contribution is 2.23. The maximum atomic E-state index is 12.4. The van der Waals surface area contributed by atoms with Gasteiger partial charge in [-0.1, -0.05) is 59.6 Å². The second kappa shape index (κ2) is 15.0. The van der Waals surface area contributed by atoms with Crippen molar-refractivity contribution in [3.05, 3.63) is 94.0 Å². The number of hydrogen-bond donors (Lipinski definition) is 3. The number of carbonyl (C=O) groups excluding carboxylic acids is 1. The molecule has 7 N–H and O–H groups in total. The molecule has 1 saturated heterocycles. The molecule has 3 aromatic rings. The number of morpholine rings is 1. The minimum absolute atomic E-state index is 0. The van der Waals surface area contributed by atoms with Crippen molar-refractivity contribution in [2.45, 2.75) is 24.1 Å². The summed E-state index contributed by atoms with van der Waals surface area (Å²) >= 11 is 12.1. The lowest BCUT2D eigenvalue weighted by Crippen LogP contribution is -2.48. The lowest BCUT2D eigenvalue weighted by atomic mass is 10.2. The standard InChI is InChI=1S/C26H28Cl2N4O4S.2H2O/c27-24-11-8-20(14-25(24)28)17-32-12-13-36-22(18-32)16-30-26(33)29-15-19-6-9-21(10-7-19)31-37(34,35)23-4-2-1-3-5-23;;/h1-11,14,22,31H,12-13,15-18H2,(H2,29,30,33);2*1H2/t22-;;/m0../s1.